The quantitative estimate of drug-likeness (QED) is 0.656. The topological polar surface area (TPSA) is 113 Å². The molecule has 0 aliphatic carbocycles. The molecule has 1 atom stereocenters. The van der Waals surface area contributed by atoms with Gasteiger partial charge in [-0.05, 0) is 12.1 Å². The van der Waals surface area contributed by atoms with Gasteiger partial charge in [0.2, 0.25) is 0 Å². The van der Waals surface area contributed by atoms with Crippen LogP contribution in [-0.4, -0.2) is 25.1 Å². The lowest BCUT2D eigenvalue weighted by Crippen LogP contribution is -2.21. The van der Waals surface area contributed by atoms with Crippen LogP contribution in [0.1, 0.15) is 5.56 Å². The molecule has 2 rings (SSSR count). The molecule has 0 spiro atoms. The molecule has 0 saturated heterocycles. The van der Waals surface area contributed by atoms with E-state index < -0.39 is 20.8 Å². The van der Waals surface area contributed by atoms with Crippen molar-refractivity contribution in [1.82, 2.24) is 0 Å². The van der Waals surface area contributed by atoms with E-state index in [4.69, 9.17) is 5.26 Å². The highest BCUT2D eigenvalue weighted by atomic mass is 32.2. The van der Waals surface area contributed by atoms with Gasteiger partial charge in [0, 0.05) is 5.41 Å². The van der Waals surface area contributed by atoms with Crippen molar-refractivity contribution < 1.29 is 13.3 Å². The van der Waals surface area contributed by atoms with Gasteiger partial charge in [0.1, 0.15) is 17.3 Å². The van der Waals surface area contributed by atoms with Crippen LogP contribution in [-0.2, 0) is 9.84 Å². The number of nitrogens with zero attached hydrogens (tertiary/aromatic N) is 2. The van der Waals surface area contributed by atoms with Gasteiger partial charge in [0.05, 0.1) is 16.7 Å². The summed E-state index contributed by atoms with van der Waals surface area (Å²) < 4.78 is 22.5. The van der Waals surface area contributed by atoms with E-state index in [0.29, 0.717) is 0 Å². The summed E-state index contributed by atoms with van der Waals surface area (Å²) in [5.74, 6) is -0.152. The number of hydrogen-bond donors (Lipinski definition) is 1. The molecule has 0 fully saturated rings. The number of benzene rings is 1. The summed E-state index contributed by atoms with van der Waals surface area (Å²) in [6.07, 6.45) is 1.43. The number of para-hydroxylation sites is 1. The largest absolute Gasteiger partial charge is 0.372 e. The molecule has 1 aliphatic heterocycles. The fraction of sp³-hybridized carbons (Fsp3) is 0.182. The normalized spacial score (nSPS) is 19.8. The monoisotopic (exact) mass is 279 g/mol. The number of nitrogens with one attached hydrogen (secondary N) is 1. The molecule has 0 amide bonds. The van der Waals surface area contributed by atoms with E-state index in [0.717, 1.165) is 5.41 Å². The lowest BCUT2D eigenvalue weighted by molar-refractivity contribution is -0.384. The van der Waals surface area contributed by atoms with Crippen molar-refractivity contribution in [3.63, 3.8) is 0 Å². The Kier molecular flexibility index (Phi) is 3.23. The molecule has 1 aromatic carbocycles. The van der Waals surface area contributed by atoms with Crippen molar-refractivity contribution in [3.8, 4) is 6.07 Å². The standard InChI is InChI=1S/C11H9N3O4S/c12-6-8-2-1-3-10(11(8)14(15)16)13-9-4-5-19(17,18)7-9/h1-5,9,13H,7H2. The molecule has 1 aliphatic rings. The zero-order chi connectivity index (χ0) is 14.0. The zero-order valence-corrected chi connectivity index (χ0v) is 10.4. The predicted octanol–water partition coefficient (Wildman–Crippen LogP) is 1.19. The van der Waals surface area contributed by atoms with Gasteiger partial charge in [0.15, 0.2) is 9.84 Å². The zero-order valence-electron chi connectivity index (χ0n) is 9.61. The van der Waals surface area contributed by atoms with Crippen LogP contribution in [0, 0.1) is 21.4 Å². The van der Waals surface area contributed by atoms with E-state index in [-0.39, 0.29) is 22.7 Å². The van der Waals surface area contributed by atoms with Crippen molar-refractivity contribution in [1.29, 1.82) is 5.26 Å². The molecular formula is C11H9N3O4S. The average molecular weight is 279 g/mol. The van der Waals surface area contributed by atoms with Crippen LogP contribution in [0.25, 0.3) is 0 Å². The minimum Gasteiger partial charge on any atom is -0.372 e. The fourth-order valence-electron chi connectivity index (χ4n) is 1.81. The third-order valence-corrected chi connectivity index (χ3v) is 4.01. The number of rotatable bonds is 3. The van der Waals surface area contributed by atoms with Crippen molar-refractivity contribution in [2.45, 2.75) is 6.04 Å². The number of hydrogen-bond acceptors (Lipinski definition) is 6. The van der Waals surface area contributed by atoms with E-state index in [1.807, 2.05) is 0 Å². The average Bonchev–Trinajstić information content (AvgIpc) is 2.68. The first-order valence-electron chi connectivity index (χ1n) is 5.28. The molecule has 98 valence electrons. The van der Waals surface area contributed by atoms with Crippen LogP contribution in [0.5, 0.6) is 0 Å². The number of nitriles is 1. The van der Waals surface area contributed by atoms with E-state index in [1.54, 1.807) is 6.07 Å². The molecule has 0 radical (unpaired) electrons. The molecular weight excluding hydrogens is 270 g/mol. The van der Waals surface area contributed by atoms with Crippen molar-refractivity contribution >= 4 is 21.2 Å². The van der Waals surface area contributed by atoms with Gasteiger partial charge in [-0.1, -0.05) is 12.1 Å². The predicted molar refractivity (Wildman–Crippen MR) is 68.1 cm³/mol. The molecule has 1 unspecified atom stereocenters. The number of nitro benzene ring substituents is 1. The molecule has 8 heteroatoms. The second-order valence-electron chi connectivity index (χ2n) is 3.98. The van der Waals surface area contributed by atoms with E-state index in [2.05, 4.69) is 5.32 Å². The Hall–Kier alpha value is -2.40. The summed E-state index contributed by atoms with van der Waals surface area (Å²) in [4.78, 5) is 10.3. The van der Waals surface area contributed by atoms with Gasteiger partial charge >= 0.3 is 5.69 Å². The van der Waals surface area contributed by atoms with E-state index in [9.17, 15) is 18.5 Å². The Morgan fingerprint density at radius 3 is 2.74 bits per heavy atom. The second-order valence-corrected chi connectivity index (χ2v) is 5.91. The maximum atomic E-state index is 11.3. The van der Waals surface area contributed by atoms with Crippen LogP contribution in [0.15, 0.2) is 29.7 Å². The number of anilines is 1. The number of sulfone groups is 1. The second kappa shape index (κ2) is 4.70. The lowest BCUT2D eigenvalue weighted by Gasteiger charge is -2.11. The van der Waals surface area contributed by atoms with Crippen LogP contribution in [0.3, 0.4) is 0 Å². The maximum Gasteiger partial charge on any atom is 0.309 e. The summed E-state index contributed by atoms with van der Waals surface area (Å²) in [5.41, 5.74) is -0.279. The summed E-state index contributed by atoms with van der Waals surface area (Å²) in [5, 5.41) is 23.7. The van der Waals surface area contributed by atoms with Crippen molar-refractivity contribution in [2.75, 3.05) is 11.1 Å². The van der Waals surface area contributed by atoms with Gasteiger partial charge in [-0.3, -0.25) is 10.1 Å². The van der Waals surface area contributed by atoms with Crippen LogP contribution < -0.4 is 5.32 Å². The summed E-state index contributed by atoms with van der Waals surface area (Å²) in [7, 11) is -3.24. The molecule has 0 aromatic heterocycles. The minimum absolute atomic E-state index is 0.0696. The Balaban J connectivity index is 2.34. The highest BCUT2D eigenvalue weighted by Gasteiger charge is 2.25. The van der Waals surface area contributed by atoms with Gasteiger partial charge in [-0.2, -0.15) is 5.26 Å². The van der Waals surface area contributed by atoms with Crippen LogP contribution in [0.2, 0.25) is 0 Å². The van der Waals surface area contributed by atoms with Crippen LogP contribution >= 0.6 is 0 Å². The van der Waals surface area contributed by atoms with Gasteiger partial charge in [-0.15, -0.1) is 0 Å². The van der Waals surface area contributed by atoms with E-state index >= 15 is 0 Å². The van der Waals surface area contributed by atoms with Gasteiger partial charge in [-0.25, -0.2) is 8.42 Å². The molecule has 1 N–H and O–H groups in total. The minimum atomic E-state index is -3.24. The highest BCUT2D eigenvalue weighted by Crippen LogP contribution is 2.29. The summed E-state index contributed by atoms with van der Waals surface area (Å²) in [6.45, 7) is 0. The molecule has 1 heterocycles. The summed E-state index contributed by atoms with van der Waals surface area (Å²) in [6, 6.07) is 5.49. The summed E-state index contributed by atoms with van der Waals surface area (Å²) >= 11 is 0. The Bertz CT molecular complexity index is 703. The molecule has 0 saturated carbocycles. The molecule has 0 bridgehead atoms. The van der Waals surface area contributed by atoms with Crippen molar-refractivity contribution in [3.05, 3.63) is 45.4 Å². The lowest BCUT2D eigenvalue weighted by atomic mass is 10.1. The Morgan fingerprint density at radius 1 is 1.47 bits per heavy atom. The van der Waals surface area contributed by atoms with Crippen LogP contribution in [0.4, 0.5) is 11.4 Å². The van der Waals surface area contributed by atoms with Crippen molar-refractivity contribution in [2.24, 2.45) is 0 Å². The first-order chi connectivity index (χ1) is 8.93. The number of nitro groups is 1. The first-order valence-corrected chi connectivity index (χ1v) is 6.99. The SMILES string of the molecule is N#Cc1cccc(NC2C=CS(=O)(=O)C2)c1[N+](=O)[O-]. The fourth-order valence-corrected chi connectivity index (χ4v) is 3.05. The molecule has 19 heavy (non-hydrogen) atoms. The first kappa shape index (κ1) is 13.0. The molecule has 7 nitrogen and oxygen atoms in total. The Labute approximate surface area is 109 Å². The third-order valence-electron chi connectivity index (χ3n) is 2.61. The maximum absolute atomic E-state index is 11.3. The smallest absolute Gasteiger partial charge is 0.309 e. The van der Waals surface area contributed by atoms with Gasteiger partial charge < -0.3 is 5.32 Å². The Morgan fingerprint density at radius 2 is 2.21 bits per heavy atom. The third kappa shape index (κ3) is 2.71. The molecule has 1 aromatic rings. The van der Waals surface area contributed by atoms with E-state index in [1.165, 1.54) is 24.3 Å². The van der Waals surface area contributed by atoms with Gasteiger partial charge in [0.25, 0.3) is 0 Å². The highest BCUT2D eigenvalue weighted by molar-refractivity contribution is 7.94.